The van der Waals surface area contributed by atoms with E-state index in [-0.39, 0.29) is 23.0 Å². The zero-order chi connectivity index (χ0) is 30.4. The van der Waals surface area contributed by atoms with E-state index in [2.05, 4.69) is 10.3 Å². The average molecular weight is 588 g/mol. The van der Waals surface area contributed by atoms with Crippen molar-refractivity contribution in [2.45, 2.75) is 37.9 Å². The molecule has 2 heterocycles. The number of likely N-dealkylation sites (N-methyl/N-ethyl adjacent to an activating group) is 1. The van der Waals surface area contributed by atoms with Crippen LogP contribution in [0.5, 0.6) is 0 Å². The van der Waals surface area contributed by atoms with Crippen molar-refractivity contribution in [3.63, 3.8) is 0 Å². The van der Waals surface area contributed by atoms with Crippen LogP contribution in [0.3, 0.4) is 0 Å². The maximum absolute atomic E-state index is 14.0. The molecule has 1 aliphatic heterocycles. The predicted octanol–water partition coefficient (Wildman–Crippen LogP) is 6.67. The Bertz CT molecular complexity index is 1590. The summed E-state index contributed by atoms with van der Waals surface area (Å²) in [6.45, 7) is 1.22. The third-order valence-corrected chi connectivity index (χ3v) is 7.18. The van der Waals surface area contributed by atoms with Crippen molar-refractivity contribution in [3.8, 4) is 11.3 Å². The van der Waals surface area contributed by atoms with Gasteiger partial charge in [-0.3, -0.25) is 4.79 Å². The van der Waals surface area contributed by atoms with Crippen LogP contribution in [-0.4, -0.2) is 49.8 Å². The van der Waals surface area contributed by atoms with Gasteiger partial charge in [-0.05, 0) is 36.2 Å². The summed E-state index contributed by atoms with van der Waals surface area (Å²) >= 11 is 0. The maximum Gasteiger partial charge on any atom is 0.416 e. The highest BCUT2D eigenvalue weighted by Crippen LogP contribution is 2.38. The molecule has 0 bridgehead atoms. The zero-order valence-electron chi connectivity index (χ0n) is 22.2. The summed E-state index contributed by atoms with van der Waals surface area (Å²) in [5.41, 5.74) is -2.49. The molecule has 2 atom stereocenters. The third kappa shape index (κ3) is 5.33. The van der Waals surface area contributed by atoms with Gasteiger partial charge in [0.15, 0.2) is 5.69 Å². The normalized spacial score (nSPS) is 17.7. The molecule has 218 valence electrons. The average Bonchev–Trinajstić information content (AvgIpc) is 3.46. The Labute approximate surface area is 236 Å². The number of halogens is 6. The van der Waals surface area contributed by atoms with Crippen LogP contribution >= 0.6 is 0 Å². The molecule has 5 rings (SSSR count). The Kier molecular flexibility index (Phi) is 7.29. The second kappa shape index (κ2) is 10.6. The van der Waals surface area contributed by atoms with Crippen LogP contribution in [0.15, 0.2) is 78.9 Å². The lowest BCUT2D eigenvalue weighted by Gasteiger charge is -2.24. The number of amides is 3. The molecule has 1 saturated heterocycles. The van der Waals surface area contributed by atoms with E-state index in [4.69, 9.17) is 0 Å². The van der Waals surface area contributed by atoms with Crippen molar-refractivity contribution in [1.29, 1.82) is 0 Å². The van der Waals surface area contributed by atoms with E-state index in [1.165, 1.54) is 4.90 Å². The van der Waals surface area contributed by atoms with E-state index < -0.39 is 54.0 Å². The number of benzene rings is 3. The molecule has 13 heteroatoms. The first kappa shape index (κ1) is 28.8. The molecule has 7 nitrogen and oxygen atoms in total. The summed E-state index contributed by atoms with van der Waals surface area (Å²) in [6, 6.07) is 16.5. The van der Waals surface area contributed by atoms with Crippen LogP contribution in [0.1, 0.15) is 45.7 Å². The van der Waals surface area contributed by atoms with Gasteiger partial charge in [-0.25, -0.2) is 14.4 Å². The summed E-state index contributed by atoms with van der Waals surface area (Å²) in [4.78, 5) is 29.8. The van der Waals surface area contributed by atoms with Crippen LogP contribution in [-0.2, 0) is 18.9 Å². The number of aromatic nitrogens is 3. The Morgan fingerprint density at radius 3 is 1.95 bits per heavy atom. The summed E-state index contributed by atoms with van der Waals surface area (Å²) in [5.74, 6) is -0.810. The third-order valence-electron chi connectivity index (χ3n) is 7.18. The molecule has 1 aromatic heterocycles. The fourth-order valence-electron chi connectivity index (χ4n) is 5.03. The van der Waals surface area contributed by atoms with Gasteiger partial charge in [-0.15, -0.1) is 5.10 Å². The number of alkyl halides is 6. The second-order valence-corrected chi connectivity index (χ2v) is 9.89. The highest BCUT2D eigenvalue weighted by molar-refractivity contribution is 6.07. The van der Waals surface area contributed by atoms with E-state index in [0.29, 0.717) is 23.3 Å². The Balaban J connectivity index is 1.62. The molecule has 0 aliphatic carbocycles. The van der Waals surface area contributed by atoms with Crippen molar-refractivity contribution in [3.05, 3.63) is 107 Å². The molecule has 0 unspecified atom stereocenters. The fraction of sp³-hybridized carbons (Fsp3) is 0.241. The van der Waals surface area contributed by atoms with Crippen LogP contribution in [0.25, 0.3) is 11.3 Å². The van der Waals surface area contributed by atoms with Crippen molar-refractivity contribution < 1.29 is 35.9 Å². The van der Waals surface area contributed by atoms with Crippen LogP contribution < -0.4 is 0 Å². The molecule has 0 N–H and O–H groups in total. The summed E-state index contributed by atoms with van der Waals surface area (Å²) in [7, 11) is 1.55. The molecule has 0 radical (unpaired) electrons. The first-order valence-electron chi connectivity index (χ1n) is 12.7. The minimum Gasteiger partial charge on any atom is -0.322 e. The maximum atomic E-state index is 14.0. The van der Waals surface area contributed by atoms with Crippen LogP contribution in [0.4, 0.5) is 31.1 Å². The summed E-state index contributed by atoms with van der Waals surface area (Å²) in [5, 5.41) is 7.95. The molecule has 1 fully saturated rings. The van der Waals surface area contributed by atoms with Crippen LogP contribution in [0.2, 0.25) is 0 Å². The van der Waals surface area contributed by atoms with Gasteiger partial charge in [0.1, 0.15) is 5.69 Å². The van der Waals surface area contributed by atoms with Crippen molar-refractivity contribution >= 4 is 11.9 Å². The number of carbonyl (C=O) groups excluding carboxylic acids is 2. The molecule has 0 saturated carbocycles. The van der Waals surface area contributed by atoms with Crippen molar-refractivity contribution in [2.24, 2.45) is 0 Å². The molecular weight excluding hydrogens is 564 g/mol. The number of nitrogens with zero attached hydrogens (tertiary/aromatic N) is 5. The Morgan fingerprint density at radius 1 is 0.857 bits per heavy atom. The lowest BCUT2D eigenvalue weighted by Crippen LogP contribution is -2.37. The lowest BCUT2D eigenvalue weighted by molar-refractivity contribution is -0.143. The molecule has 3 aromatic carbocycles. The fourth-order valence-corrected chi connectivity index (χ4v) is 5.03. The molecule has 3 amide bonds. The Morgan fingerprint density at radius 2 is 1.40 bits per heavy atom. The first-order valence-corrected chi connectivity index (χ1v) is 12.7. The van der Waals surface area contributed by atoms with E-state index in [9.17, 15) is 35.9 Å². The van der Waals surface area contributed by atoms with E-state index in [1.54, 1.807) is 74.6 Å². The quantitative estimate of drug-likeness (QED) is 0.245. The molecule has 0 spiro atoms. The van der Waals surface area contributed by atoms with Gasteiger partial charge in [0.05, 0.1) is 29.8 Å². The van der Waals surface area contributed by atoms with Gasteiger partial charge in [0.25, 0.3) is 5.91 Å². The smallest absolute Gasteiger partial charge is 0.322 e. The zero-order valence-corrected chi connectivity index (χ0v) is 22.2. The monoisotopic (exact) mass is 587 g/mol. The van der Waals surface area contributed by atoms with E-state index in [1.807, 2.05) is 0 Å². The van der Waals surface area contributed by atoms with Gasteiger partial charge < -0.3 is 4.90 Å². The molecule has 4 aromatic rings. The number of urea groups is 1. The first-order chi connectivity index (χ1) is 19.8. The predicted molar refractivity (Wildman–Crippen MR) is 139 cm³/mol. The van der Waals surface area contributed by atoms with Gasteiger partial charge in [-0.1, -0.05) is 65.9 Å². The standard InChI is InChI=1S/C29H23F6N5O2/c1-17-24(19-9-5-3-6-10-19)40(27(42)38(17)2)26(41)23-25(20-11-7-4-8-12-20)39(37-36-23)16-18-13-21(28(30,31)32)15-22(14-18)29(33,34)35/h3-15,17,24H,16H2,1-2H3/t17-,24-/m1/s1. The highest BCUT2D eigenvalue weighted by atomic mass is 19.4. The molecule has 42 heavy (non-hydrogen) atoms. The molecular formula is C29H23F6N5O2. The number of hydrogen-bond donors (Lipinski definition) is 0. The van der Waals surface area contributed by atoms with Crippen LogP contribution in [0, 0.1) is 0 Å². The SMILES string of the molecule is C[C@@H]1[C@H](c2ccccc2)N(C(=O)c2nnn(Cc3cc(C(F)(F)F)cc(C(F)(F)F)c3)c2-c2ccccc2)C(=O)N1C. The van der Waals surface area contributed by atoms with E-state index >= 15 is 0 Å². The molecule has 1 aliphatic rings. The minimum atomic E-state index is -5.03. The number of carbonyl (C=O) groups is 2. The van der Waals surface area contributed by atoms with Crippen molar-refractivity contribution in [1.82, 2.24) is 24.8 Å². The summed E-state index contributed by atoms with van der Waals surface area (Å²) in [6.07, 6.45) is -10.1. The van der Waals surface area contributed by atoms with E-state index in [0.717, 1.165) is 9.58 Å². The second-order valence-electron chi connectivity index (χ2n) is 9.89. The number of rotatable bonds is 5. The number of hydrogen-bond acceptors (Lipinski definition) is 4. The van der Waals surface area contributed by atoms with Gasteiger partial charge in [0, 0.05) is 12.6 Å². The van der Waals surface area contributed by atoms with Gasteiger partial charge in [-0.2, -0.15) is 26.3 Å². The minimum absolute atomic E-state index is 0.0355. The summed E-state index contributed by atoms with van der Waals surface area (Å²) < 4.78 is 82.0. The highest BCUT2D eigenvalue weighted by Gasteiger charge is 2.47. The Hall–Kier alpha value is -4.68. The van der Waals surface area contributed by atoms with Gasteiger partial charge >= 0.3 is 18.4 Å². The topological polar surface area (TPSA) is 71.3 Å². The number of imide groups is 1. The van der Waals surface area contributed by atoms with Gasteiger partial charge in [0.2, 0.25) is 0 Å². The largest absolute Gasteiger partial charge is 0.416 e. The lowest BCUT2D eigenvalue weighted by atomic mass is 9.99. The van der Waals surface area contributed by atoms with Crippen molar-refractivity contribution in [2.75, 3.05) is 7.05 Å².